The minimum atomic E-state index is -0.507. The van der Waals surface area contributed by atoms with Crippen LogP contribution in [0.3, 0.4) is 0 Å². The van der Waals surface area contributed by atoms with Crippen LogP contribution in [0.5, 0.6) is 0 Å². The van der Waals surface area contributed by atoms with Crippen LogP contribution in [0.4, 0.5) is 11.4 Å². The van der Waals surface area contributed by atoms with Gasteiger partial charge in [-0.2, -0.15) is 0 Å². The Hall–Kier alpha value is -4.79. The van der Waals surface area contributed by atoms with Gasteiger partial charge in [0.2, 0.25) is 0 Å². The number of nitro groups is 2. The maximum atomic E-state index is 13.1. The first-order valence-corrected chi connectivity index (χ1v) is 9.40. The molecule has 4 aromatic rings. The van der Waals surface area contributed by atoms with Gasteiger partial charge in [-0.3, -0.25) is 35.0 Å². The van der Waals surface area contributed by atoms with Crippen LogP contribution in [0.1, 0.15) is 15.9 Å². The Kier molecular flexibility index (Phi) is 5.45. The van der Waals surface area contributed by atoms with Crippen LogP contribution >= 0.6 is 0 Å². The fourth-order valence-corrected chi connectivity index (χ4v) is 3.30. The number of aromatic nitrogens is 2. The molecule has 0 aliphatic carbocycles. The van der Waals surface area contributed by atoms with E-state index in [0.29, 0.717) is 11.1 Å². The molecule has 0 fully saturated rings. The summed E-state index contributed by atoms with van der Waals surface area (Å²) in [6.07, 6.45) is 2.81. The molecule has 4 rings (SSSR count). The van der Waals surface area contributed by atoms with Crippen molar-refractivity contribution in [1.29, 1.82) is 0 Å². The van der Waals surface area contributed by atoms with Crippen LogP contribution in [0, 0.1) is 20.2 Å². The van der Waals surface area contributed by atoms with Crippen molar-refractivity contribution >= 4 is 17.2 Å². The average molecular weight is 426 g/mol. The highest BCUT2D eigenvalue weighted by molar-refractivity contribution is 6.09. The molecule has 156 valence electrons. The Morgan fingerprint density at radius 1 is 0.656 bits per heavy atom. The Labute approximate surface area is 181 Å². The zero-order chi connectivity index (χ0) is 22.7. The smallest absolute Gasteiger partial charge is 0.278 e. The molecule has 0 saturated carbocycles. The molecule has 2 aromatic heterocycles. The summed E-state index contributed by atoms with van der Waals surface area (Å²) >= 11 is 0. The number of carbonyl (C=O) groups is 1. The Balaban J connectivity index is 1.73. The Morgan fingerprint density at radius 3 is 1.47 bits per heavy atom. The summed E-state index contributed by atoms with van der Waals surface area (Å²) in [6, 6.07) is 18.3. The van der Waals surface area contributed by atoms with Gasteiger partial charge in [-0.1, -0.05) is 24.3 Å². The van der Waals surface area contributed by atoms with Gasteiger partial charge in [0.05, 0.1) is 32.4 Å². The maximum Gasteiger partial charge on any atom is 0.278 e. The van der Waals surface area contributed by atoms with Gasteiger partial charge in [0, 0.05) is 35.7 Å². The molecule has 0 bridgehead atoms. The first kappa shape index (κ1) is 20.5. The lowest BCUT2D eigenvalue weighted by Crippen LogP contribution is -2.04. The number of nitro benzene ring substituents is 2. The summed E-state index contributed by atoms with van der Waals surface area (Å²) in [6.45, 7) is 0. The van der Waals surface area contributed by atoms with Crippen LogP contribution in [-0.4, -0.2) is 25.6 Å². The third-order valence-corrected chi connectivity index (χ3v) is 4.80. The number of para-hydroxylation sites is 2. The summed E-state index contributed by atoms with van der Waals surface area (Å²) in [4.78, 5) is 43.2. The summed E-state index contributed by atoms with van der Waals surface area (Å²) in [5, 5.41) is 22.7. The van der Waals surface area contributed by atoms with E-state index in [1.165, 1.54) is 48.8 Å². The van der Waals surface area contributed by atoms with E-state index in [-0.39, 0.29) is 39.7 Å². The van der Waals surface area contributed by atoms with Crippen molar-refractivity contribution in [2.75, 3.05) is 0 Å². The molecule has 0 N–H and O–H groups in total. The minimum absolute atomic E-state index is 0.118. The van der Waals surface area contributed by atoms with E-state index in [4.69, 9.17) is 0 Å². The summed E-state index contributed by atoms with van der Waals surface area (Å²) in [5.74, 6) is -0.366. The number of pyridine rings is 2. The first-order chi connectivity index (χ1) is 15.5. The van der Waals surface area contributed by atoms with Gasteiger partial charge in [-0.05, 0) is 36.4 Å². The number of rotatable bonds is 6. The van der Waals surface area contributed by atoms with Crippen LogP contribution in [0.25, 0.3) is 22.5 Å². The van der Waals surface area contributed by atoms with Crippen LogP contribution in [-0.2, 0) is 0 Å². The molecule has 9 nitrogen and oxygen atoms in total. The molecule has 0 unspecified atom stereocenters. The van der Waals surface area contributed by atoms with Crippen LogP contribution in [0.15, 0.2) is 85.2 Å². The molecular weight excluding hydrogens is 412 g/mol. The molecule has 0 aliphatic heterocycles. The highest BCUT2D eigenvalue weighted by atomic mass is 16.6. The predicted molar refractivity (Wildman–Crippen MR) is 116 cm³/mol. The van der Waals surface area contributed by atoms with Crippen molar-refractivity contribution < 1.29 is 14.6 Å². The highest BCUT2D eigenvalue weighted by Crippen LogP contribution is 2.30. The number of hydrogen-bond acceptors (Lipinski definition) is 7. The number of hydrogen-bond donors (Lipinski definition) is 0. The van der Waals surface area contributed by atoms with Crippen molar-refractivity contribution in [3.63, 3.8) is 0 Å². The van der Waals surface area contributed by atoms with Crippen molar-refractivity contribution in [1.82, 2.24) is 9.97 Å². The van der Waals surface area contributed by atoms with Crippen molar-refractivity contribution in [2.24, 2.45) is 0 Å². The Morgan fingerprint density at radius 2 is 1.06 bits per heavy atom. The molecule has 0 saturated heterocycles. The van der Waals surface area contributed by atoms with Crippen molar-refractivity contribution in [3.8, 4) is 22.5 Å². The van der Waals surface area contributed by atoms with Gasteiger partial charge in [-0.25, -0.2) is 0 Å². The molecule has 32 heavy (non-hydrogen) atoms. The van der Waals surface area contributed by atoms with Crippen LogP contribution < -0.4 is 0 Å². The minimum Gasteiger partial charge on any atom is -0.289 e. The quantitative estimate of drug-likeness (QED) is 0.244. The third kappa shape index (κ3) is 3.94. The summed E-state index contributed by atoms with van der Waals surface area (Å²) < 4.78 is 0. The normalized spacial score (nSPS) is 10.5. The predicted octanol–water partition coefficient (Wildman–Crippen LogP) is 4.86. The van der Waals surface area contributed by atoms with E-state index in [2.05, 4.69) is 9.97 Å². The van der Waals surface area contributed by atoms with Gasteiger partial charge in [0.1, 0.15) is 0 Å². The van der Waals surface area contributed by atoms with Gasteiger partial charge >= 0.3 is 0 Å². The van der Waals surface area contributed by atoms with E-state index in [1.807, 2.05) is 0 Å². The van der Waals surface area contributed by atoms with Gasteiger partial charge in [-0.15, -0.1) is 0 Å². The molecule has 2 heterocycles. The van der Waals surface area contributed by atoms with Crippen molar-refractivity contribution in [3.05, 3.63) is 117 Å². The van der Waals surface area contributed by atoms with E-state index in [0.717, 1.165) is 0 Å². The van der Waals surface area contributed by atoms with Gasteiger partial charge < -0.3 is 0 Å². The molecule has 0 atom stereocenters. The number of carbonyl (C=O) groups excluding carboxylic acids is 1. The fourth-order valence-electron chi connectivity index (χ4n) is 3.30. The molecule has 0 spiro atoms. The monoisotopic (exact) mass is 426 g/mol. The molecular formula is C23H14N4O5. The van der Waals surface area contributed by atoms with Crippen LogP contribution in [0.2, 0.25) is 0 Å². The van der Waals surface area contributed by atoms with E-state index in [1.54, 1.807) is 36.4 Å². The highest BCUT2D eigenvalue weighted by Gasteiger charge is 2.19. The van der Waals surface area contributed by atoms with Gasteiger partial charge in [0.15, 0.2) is 5.78 Å². The standard InChI is InChI=1S/C23H14N4O5/c28-23(15-9-11-24-19(13-15)17-5-1-3-7-21(17)26(29)30)16-10-12-25-20(14-16)18-6-2-4-8-22(18)27(31)32/h1-14H. The largest absolute Gasteiger partial charge is 0.289 e. The zero-order valence-corrected chi connectivity index (χ0v) is 16.4. The second-order valence-corrected chi connectivity index (χ2v) is 6.74. The average Bonchev–Trinajstić information content (AvgIpc) is 2.83. The number of ketones is 1. The first-order valence-electron chi connectivity index (χ1n) is 9.40. The second kappa shape index (κ2) is 8.52. The number of nitrogens with zero attached hydrogens (tertiary/aromatic N) is 4. The zero-order valence-electron chi connectivity index (χ0n) is 16.4. The van der Waals surface area contributed by atoms with E-state index < -0.39 is 9.85 Å². The second-order valence-electron chi connectivity index (χ2n) is 6.74. The SMILES string of the molecule is O=C(c1ccnc(-c2ccccc2[N+](=O)[O-])c1)c1ccnc(-c2ccccc2[N+](=O)[O-])c1. The topological polar surface area (TPSA) is 129 Å². The third-order valence-electron chi connectivity index (χ3n) is 4.80. The van der Waals surface area contributed by atoms with E-state index >= 15 is 0 Å². The maximum absolute atomic E-state index is 13.1. The van der Waals surface area contributed by atoms with Gasteiger partial charge in [0.25, 0.3) is 11.4 Å². The number of benzene rings is 2. The summed E-state index contributed by atoms with van der Waals surface area (Å²) in [5.41, 5.74) is 1.47. The molecule has 0 amide bonds. The Bertz CT molecular complexity index is 1270. The molecule has 0 aliphatic rings. The lowest BCUT2D eigenvalue weighted by atomic mass is 10.00. The molecule has 2 aromatic carbocycles. The lowest BCUT2D eigenvalue weighted by Gasteiger charge is -2.07. The molecule has 0 radical (unpaired) electrons. The fraction of sp³-hybridized carbons (Fsp3) is 0. The van der Waals surface area contributed by atoms with Crippen molar-refractivity contribution in [2.45, 2.75) is 0 Å². The summed E-state index contributed by atoms with van der Waals surface area (Å²) in [7, 11) is 0. The molecule has 9 heteroatoms. The van der Waals surface area contributed by atoms with E-state index in [9.17, 15) is 25.0 Å². The lowest BCUT2D eigenvalue weighted by molar-refractivity contribution is -0.384.